The molecule has 0 spiro atoms. The second-order valence-electron chi connectivity index (χ2n) is 8.08. The molecule has 1 aromatic heterocycles. The molecule has 8 nitrogen and oxygen atoms in total. The maximum atomic E-state index is 11.7. The lowest BCUT2D eigenvalue weighted by Gasteiger charge is -2.19. The molecule has 1 aliphatic rings. The number of hydrogen-bond acceptors (Lipinski definition) is 5. The zero-order valence-electron chi connectivity index (χ0n) is 18.5. The first kappa shape index (κ1) is 26.3. The van der Waals surface area contributed by atoms with Gasteiger partial charge in [-0.25, -0.2) is 14.8 Å². The second kappa shape index (κ2) is 13.5. The minimum Gasteiger partial charge on any atom is -0.474 e. The molecule has 0 bridgehead atoms. The van der Waals surface area contributed by atoms with Crippen molar-refractivity contribution in [1.82, 2.24) is 20.9 Å². The standard InChI is InChI=1S/C21H35N5O3.HI/c1-5-22-19(23-12-13-24-20(27)29-21(2,3)4)26-15-16-10-11-18(25-14-16)28-17-8-6-7-9-17;/h10-11,14,17H,5-9,12-13,15H2,1-4H3,(H,24,27)(H2,22,23,26);1H. The summed E-state index contributed by atoms with van der Waals surface area (Å²) in [6, 6.07) is 3.91. The van der Waals surface area contributed by atoms with Gasteiger partial charge in [-0.3, -0.25) is 0 Å². The Kier molecular flexibility index (Phi) is 11.8. The zero-order chi connectivity index (χ0) is 21.1. The van der Waals surface area contributed by atoms with E-state index in [4.69, 9.17) is 9.47 Å². The number of nitrogens with one attached hydrogen (secondary N) is 3. The van der Waals surface area contributed by atoms with Crippen LogP contribution in [0.15, 0.2) is 23.3 Å². The van der Waals surface area contributed by atoms with E-state index < -0.39 is 11.7 Å². The Hall–Kier alpha value is -1.78. The lowest BCUT2D eigenvalue weighted by molar-refractivity contribution is 0.0529. The molecule has 1 fully saturated rings. The van der Waals surface area contributed by atoms with Crippen LogP contribution in [0.1, 0.15) is 58.9 Å². The SMILES string of the molecule is CCNC(=NCc1ccc(OC2CCCC2)nc1)NCCNC(=O)OC(C)(C)C.I. The number of alkyl carbamates (subject to hydrolysis) is 1. The minimum atomic E-state index is -0.500. The summed E-state index contributed by atoms with van der Waals surface area (Å²) in [6.45, 7) is 9.75. The highest BCUT2D eigenvalue weighted by Gasteiger charge is 2.17. The number of aromatic nitrogens is 1. The summed E-state index contributed by atoms with van der Waals surface area (Å²) < 4.78 is 11.1. The molecular weight excluding hydrogens is 497 g/mol. The topological polar surface area (TPSA) is 96.9 Å². The summed E-state index contributed by atoms with van der Waals surface area (Å²) in [6.07, 6.45) is 6.41. The van der Waals surface area contributed by atoms with Gasteiger partial charge in [0.25, 0.3) is 0 Å². The van der Waals surface area contributed by atoms with Gasteiger partial charge in [-0.2, -0.15) is 0 Å². The molecule has 30 heavy (non-hydrogen) atoms. The van der Waals surface area contributed by atoms with Crippen LogP contribution < -0.4 is 20.7 Å². The molecule has 0 atom stereocenters. The third-order valence-electron chi connectivity index (χ3n) is 4.24. The molecule has 0 unspecified atom stereocenters. The van der Waals surface area contributed by atoms with Crippen LogP contribution in [-0.4, -0.2) is 48.4 Å². The average molecular weight is 533 g/mol. The van der Waals surface area contributed by atoms with Crippen LogP contribution in [0.3, 0.4) is 0 Å². The number of rotatable bonds is 8. The number of nitrogens with zero attached hydrogens (tertiary/aromatic N) is 2. The molecule has 1 saturated carbocycles. The number of amides is 1. The Morgan fingerprint density at radius 2 is 1.87 bits per heavy atom. The molecule has 1 aliphatic carbocycles. The van der Waals surface area contributed by atoms with E-state index in [9.17, 15) is 4.79 Å². The molecule has 0 radical (unpaired) electrons. The van der Waals surface area contributed by atoms with Crippen molar-refractivity contribution < 1.29 is 14.3 Å². The van der Waals surface area contributed by atoms with E-state index in [1.54, 1.807) is 6.20 Å². The first-order chi connectivity index (χ1) is 13.9. The predicted molar refractivity (Wildman–Crippen MR) is 130 cm³/mol. The van der Waals surface area contributed by atoms with Gasteiger partial charge in [-0.1, -0.05) is 6.07 Å². The summed E-state index contributed by atoms with van der Waals surface area (Å²) in [5.41, 5.74) is 0.507. The fraction of sp³-hybridized carbons (Fsp3) is 0.667. The van der Waals surface area contributed by atoms with Gasteiger partial charge in [0, 0.05) is 31.9 Å². The van der Waals surface area contributed by atoms with Crippen LogP contribution in [-0.2, 0) is 11.3 Å². The molecule has 0 aliphatic heterocycles. The van der Waals surface area contributed by atoms with Gasteiger partial charge < -0.3 is 25.4 Å². The molecule has 1 amide bonds. The first-order valence-corrected chi connectivity index (χ1v) is 10.5. The van der Waals surface area contributed by atoms with Crippen molar-refractivity contribution in [2.24, 2.45) is 4.99 Å². The Morgan fingerprint density at radius 3 is 2.47 bits per heavy atom. The highest BCUT2D eigenvalue weighted by atomic mass is 127. The monoisotopic (exact) mass is 533 g/mol. The molecule has 3 N–H and O–H groups in total. The van der Waals surface area contributed by atoms with Gasteiger partial charge in [-0.05, 0) is 58.9 Å². The van der Waals surface area contributed by atoms with Crippen LogP contribution in [0.4, 0.5) is 4.79 Å². The Labute approximate surface area is 197 Å². The number of carbonyl (C=O) groups excluding carboxylic acids is 1. The lowest BCUT2D eigenvalue weighted by Crippen LogP contribution is -2.42. The summed E-state index contributed by atoms with van der Waals surface area (Å²) in [5, 5.41) is 9.10. The smallest absolute Gasteiger partial charge is 0.407 e. The van der Waals surface area contributed by atoms with E-state index in [0.717, 1.165) is 24.9 Å². The number of ether oxygens (including phenoxy) is 2. The number of guanidine groups is 1. The maximum absolute atomic E-state index is 11.7. The van der Waals surface area contributed by atoms with Gasteiger partial charge in [-0.15, -0.1) is 24.0 Å². The molecule has 1 heterocycles. The second-order valence-corrected chi connectivity index (χ2v) is 8.08. The highest BCUT2D eigenvalue weighted by Crippen LogP contribution is 2.22. The van der Waals surface area contributed by atoms with Gasteiger partial charge >= 0.3 is 6.09 Å². The predicted octanol–water partition coefficient (Wildman–Crippen LogP) is 3.60. The fourth-order valence-corrected chi connectivity index (χ4v) is 2.92. The van der Waals surface area contributed by atoms with E-state index in [-0.39, 0.29) is 24.0 Å². The Bertz CT molecular complexity index is 656. The average Bonchev–Trinajstić information content (AvgIpc) is 3.16. The quantitative estimate of drug-likeness (QED) is 0.205. The largest absolute Gasteiger partial charge is 0.474 e. The first-order valence-electron chi connectivity index (χ1n) is 10.5. The van der Waals surface area contributed by atoms with E-state index >= 15 is 0 Å². The normalized spacial score (nSPS) is 14.6. The van der Waals surface area contributed by atoms with E-state index in [1.165, 1.54) is 12.8 Å². The molecule has 2 rings (SSSR count). The van der Waals surface area contributed by atoms with Crippen LogP contribution in [0.2, 0.25) is 0 Å². The number of hydrogen-bond donors (Lipinski definition) is 3. The van der Waals surface area contributed by atoms with E-state index in [2.05, 4.69) is 25.9 Å². The molecule has 9 heteroatoms. The fourth-order valence-electron chi connectivity index (χ4n) is 2.92. The van der Waals surface area contributed by atoms with E-state index in [0.29, 0.717) is 37.6 Å². The van der Waals surface area contributed by atoms with Crippen LogP contribution in [0.25, 0.3) is 0 Å². The number of aliphatic imine (C=N–C) groups is 1. The molecule has 1 aromatic rings. The van der Waals surface area contributed by atoms with E-state index in [1.807, 2.05) is 39.8 Å². The van der Waals surface area contributed by atoms with Crippen molar-refractivity contribution in [1.29, 1.82) is 0 Å². The number of halogens is 1. The molecule has 0 aromatic carbocycles. The van der Waals surface area contributed by atoms with Crippen molar-refractivity contribution in [3.8, 4) is 5.88 Å². The third-order valence-corrected chi connectivity index (χ3v) is 4.24. The van der Waals surface area contributed by atoms with Crippen molar-refractivity contribution >= 4 is 36.0 Å². The van der Waals surface area contributed by atoms with Gasteiger partial charge in [0.2, 0.25) is 5.88 Å². The zero-order valence-corrected chi connectivity index (χ0v) is 20.8. The van der Waals surface area contributed by atoms with Crippen molar-refractivity contribution in [3.05, 3.63) is 23.9 Å². The van der Waals surface area contributed by atoms with Gasteiger partial charge in [0.05, 0.1) is 6.54 Å². The summed E-state index contributed by atoms with van der Waals surface area (Å²) >= 11 is 0. The highest BCUT2D eigenvalue weighted by molar-refractivity contribution is 14.0. The van der Waals surface area contributed by atoms with Gasteiger partial charge in [0.1, 0.15) is 11.7 Å². The van der Waals surface area contributed by atoms with Gasteiger partial charge in [0.15, 0.2) is 5.96 Å². The van der Waals surface area contributed by atoms with Crippen molar-refractivity contribution in [2.75, 3.05) is 19.6 Å². The summed E-state index contributed by atoms with van der Waals surface area (Å²) in [4.78, 5) is 20.6. The van der Waals surface area contributed by atoms with Crippen LogP contribution in [0, 0.1) is 0 Å². The van der Waals surface area contributed by atoms with Crippen LogP contribution >= 0.6 is 24.0 Å². The lowest BCUT2D eigenvalue weighted by atomic mass is 10.2. The Morgan fingerprint density at radius 1 is 1.17 bits per heavy atom. The summed E-state index contributed by atoms with van der Waals surface area (Å²) in [7, 11) is 0. The molecular formula is C21H36IN5O3. The van der Waals surface area contributed by atoms with Crippen LogP contribution in [0.5, 0.6) is 5.88 Å². The maximum Gasteiger partial charge on any atom is 0.407 e. The Balaban J connectivity index is 0.00000450. The number of carbonyl (C=O) groups is 1. The van der Waals surface area contributed by atoms with Crippen molar-refractivity contribution in [2.45, 2.75) is 71.6 Å². The number of pyridine rings is 1. The molecule has 0 saturated heterocycles. The van der Waals surface area contributed by atoms with Crippen molar-refractivity contribution in [3.63, 3.8) is 0 Å². The summed E-state index contributed by atoms with van der Waals surface area (Å²) in [5.74, 6) is 1.37. The minimum absolute atomic E-state index is 0. The molecule has 170 valence electrons. The third kappa shape index (κ3) is 10.8.